The average molecular weight is 532 g/mol. The minimum atomic E-state index is -3.55. The standard InChI is InChI=1S/C27H37N3O6S/c1-26(2,3)30(25(32)33)27(4)17-20-12-9-11-19(14-20)10-7-8-13-22-15-21(18-36-24(27)31)16-23(28-22)29(5)37(6,34)35/h9,11-12,14-16H,7-8,10,13,17-18H2,1-6H3,(H,32,33). The number of hydrogen-bond donors (Lipinski definition) is 1. The van der Waals surface area contributed by atoms with Gasteiger partial charge in [-0.3, -0.25) is 9.21 Å². The maximum Gasteiger partial charge on any atom is 0.408 e. The number of nitrogens with zero attached hydrogens (tertiary/aromatic N) is 3. The third-order valence-corrected chi connectivity index (χ3v) is 7.78. The topological polar surface area (TPSA) is 117 Å². The molecule has 3 rings (SSSR count). The van der Waals surface area contributed by atoms with Crippen molar-refractivity contribution in [1.82, 2.24) is 9.88 Å². The van der Waals surface area contributed by atoms with Crippen LogP contribution in [0.5, 0.6) is 0 Å². The normalized spacial score (nSPS) is 19.2. The molecular weight excluding hydrogens is 494 g/mol. The molecule has 2 heterocycles. The summed E-state index contributed by atoms with van der Waals surface area (Å²) in [6.45, 7) is 6.68. The molecule has 10 heteroatoms. The zero-order valence-corrected chi connectivity index (χ0v) is 23.3. The number of aromatic nitrogens is 1. The number of carboxylic acid groups (broad SMARTS) is 1. The first-order valence-electron chi connectivity index (χ1n) is 12.3. The van der Waals surface area contributed by atoms with E-state index < -0.39 is 33.2 Å². The molecule has 0 radical (unpaired) electrons. The molecule has 1 N–H and O–H groups in total. The van der Waals surface area contributed by atoms with Crippen LogP contribution in [0.3, 0.4) is 0 Å². The van der Waals surface area contributed by atoms with Gasteiger partial charge in [0, 0.05) is 24.7 Å². The highest BCUT2D eigenvalue weighted by atomic mass is 32.2. The quantitative estimate of drug-likeness (QED) is 0.591. The molecule has 2 aromatic rings. The van der Waals surface area contributed by atoms with E-state index in [-0.39, 0.29) is 18.8 Å². The van der Waals surface area contributed by atoms with Crippen molar-refractivity contribution in [1.29, 1.82) is 0 Å². The number of aryl methyl sites for hydroxylation is 2. The molecule has 9 nitrogen and oxygen atoms in total. The summed E-state index contributed by atoms with van der Waals surface area (Å²) < 4.78 is 31.2. The van der Waals surface area contributed by atoms with E-state index in [1.807, 2.05) is 30.3 Å². The van der Waals surface area contributed by atoms with E-state index in [1.165, 1.54) is 7.05 Å². The van der Waals surface area contributed by atoms with Gasteiger partial charge >= 0.3 is 12.1 Å². The summed E-state index contributed by atoms with van der Waals surface area (Å²) in [6.07, 6.45) is 3.21. The van der Waals surface area contributed by atoms with Gasteiger partial charge in [-0.2, -0.15) is 0 Å². The van der Waals surface area contributed by atoms with E-state index in [0.717, 1.165) is 45.9 Å². The largest absolute Gasteiger partial charge is 0.465 e. The molecule has 0 aliphatic carbocycles. The van der Waals surface area contributed by atoms with Crippen molar-refractivity contribution >= 4 is 27.9 Å². The summed E-state index contributed by atoms with van der Waals surface area (Å²) in [6, 6.07) is 11.3. The minimum Gasteiger partial charge on any atom is -0.465 e. The second-order valence-corrected chi connectivity index (χ2v) is 12.9. The molecule has 4 bridgehead atoms. The summed E-state index contributed by atoms with van der Waals surface area (Å²) in [7, 11) is -2.12. The number of carbonyl (C=O) groups excluding carboxylic acids is 1. The lowest BCUT2D eigenvalue weighted by Gasteiger charge is -2.45. The number of rotatable bonds is 3. The van der Waals surface area contributed by atoms with Gasteiger partial charge in [0.1, 0.15) is 18.0 Å². The van der Waals surface area contributed by atoms with E-state index in [9.17, 15) is 23.1 Å². The molecule has 1 atom stereocenters. The second kappa shape index (κ2) is 10.7. The molecule has 0 saturated heterocycles. The van der Waals surface area contributed by atoms with Gasteiger partial charge in [0.05, 0.1) is 6.26 Å². The number of hydrogen-bond acceptors (Lipinski definition) is 6. The van der Waals surface area contributed by atoms with Crippen LogP contribution in [0.2, 0.25) is 0 Å². The van der Waals surface area contributed by atoms with Crippen molar-refractivity contribution in [2.45, 2.75) is 77.5 Å². The lowest BCUT2D eigenvalue weighted by atomic mass is 9.86. The number of carbonyl (C=O) groups is 2. The molecule has 1 unspecified atom stereocenters. The predicted molar refractivity (Wildman–Crippen MR) is 142 cm³/mol. The van der Waals surface area contributed by atoms with Gasteiger partial charge in [0.15, 0.2) is 0 Å². The Balaban J connectivity index is 2.10. The van der Waals surface area contributed by atoms with E-state index in [1.54, 1.807) is 33.8 Å². The van der Waals surface area contributed by atoms with Crippen molar-refractivity contribution in [2.24, 2.45) is 0 Å². The van der Waals surface area contributed by atoms with Crippen LogP contribution in [0, 0.1) is 0 Å². The SMILES string of the molecule is CN(c1cc2cc(n1)CCCCc1cccc(c1)CC(C)(N(C(=O)O)C(C)(C)C)C(=O)OC2)S(C)(=O)=O. The molecule has 0 fully saturated rings. The molecule has 0 saturated carbocycles. The molecular formula is C27H37N3O6S. The number of sulfonamides is 1. The third kappa shape index (κ3) is 6.80. The maximum atomic E-state index is 13.7. The summed E-state index contributed by atoms with van der Waals surface area (Å²) in [4.78, 5) is 31.8. The molecule has 0 spiro atoms. The average Bonchev–Trinajstić information content (AvgIpc) is 2.77. The first-order chi connectivity index (χ1) is 17.1. The van der Waals surface area contributed by atoms with Crippen LogP contribution < -0.4 is 4.31 Å². The van der Waals surface area contributed by atoms with Crippen LogP contribution in [0.4, 0.5) is 10.6 Å². The number of amides is 1. The van der Waals surface area contributed by atoms with E-state index in [2.05, 4.69) is 4.98 Å². The van der Waals surface area contributed by atoms with Gasteiger partial charge in [-0.15, -0.1) is 0 Å². The first-order valence-corrected chi connectivity index (χ1v) is 14.2. The van der Waals surface area contributed by atoms with Crippen molar-refractivity contribution in [3.63, 3.8) is 0 Å². The Labute approximate surface area is 219 Å². The van der Waals surface area contributed by atoms with Crippen LogP contribution in [-0.4, -0.2) is 59.9 Å². The lowest BCUT2D eigenvalue weighted by molar-refractivity contribution is -0.160. The van der Waals surface area contributed by atoms with Gasteiger partial charge in [-0.25, -0.2) is 23.0 Å². The molecule has 1 aliphatic heterocycles. The van der Waals surface area contributed by atoms with Crippen LogP contribution in [0.25, 0.3) is 0 Å². The zero-order valence-electron chi connectivity index (χ0n) is 22.4. The van der Waals surface area contributed by atoms with Crippen molar-refractivity contribution < 1.29 is 27.9 Å². The predicted octanol–water partition coefficient (Wildman–Crippen LogP) is 4.18. The number of benzene rings is 1. The summed E-state index contributed by atoms with van der Waals surface area (Å²) in [5.74, 6) is -0.437. The fraction of sp³-hybridized carbons (Fsp3) is 0.519. The lowest BCUT2D eigenvalue weighted by Crippen LogP contribution is -2.63. The Bertz CT molecular complexity index is 1270. The van der Waals surface area contributed by atoms with Crippen molar-refractivity contribution in [2.75, 3.05) is 17.6 Å². The van der Waals surface area contributed by atoms with Crippen LogP contribution in [-0.2, 0) is 45.4 Å². The Hall–Kier alpha value is -3.14. The van der Waals surface area contributed by atoms with Crippen LogP contribution in [0.1, 0.15) is 62.9 Å². The minimum absolute atomic E-state index is 0.146. The van der Waals surface area contributed by atoms with Crippen molar-refractivity contribution in [3.05, 3.63) is 58.8 Å². The molecule has 1 aromatic heterocycles. The highest BCUT2D eigenvalue weighted by Crippen LogP contribution is 2.31. The smallest absolute Gasteiger partial charge is 0.408 e. The first kappa shape index (κ1) is 28.4. The number of cyclic esters (lactones) is 1. The number of fused-ring (bicyclic) bond motifs is 4. The number of pyridine rings is 1. The van der Waals surface area contributed by atoms with E-state index >= 15 is 0 Å². The maximum absolute atomic E-state index is 13.7. The highest BCUT2D eigenvalue weighted by Gasteiger charge is 2.49. The van der Waals surface area contributed by atoms with E-state index in [4.69, 9.17) is 4.74 Å². The third-order valence-electron chi connectivity index (χ3n) is 6.60. The van der Waals surface area contributed by atoms with Gasteiger partial charge in [-0.05, 0) is 82.2 Å². The molecule has 1 aromatic carbocycles. The Morgan fingerprint density at radius 1 is 1.08 bits per heavy atom. The van der Waals surface area contributed by atoms with Crippen LogP contribution in [0.15, 0.2) is 36.4 Å². The Morgan fingerprint density at radius 2 is 1.73 bits per heavy atom. The number of ether oxygens (including phenoxy) is 1. The molecule has 37 heavy (non-hydrogen) atoms. The van der Waals surface area contributed by atoms with Gasteiger partial charge in [0.2, 0.25) is 10.0 Å². The Morgan fingerprint density at radius 3 is 2.35 bits per heavy atom. The molecule has 1 amide bonds. The van der Waals surface area contributed by atoms with E-state index in [0.29, 0.717) is 17.7 Å². The van der Waals surface area contributed by atoms with Gasteiger partial charge in [-0.1, -0.05) is 24.3 Å². The summed E-state index contributed by atoms with van der Waals surface area (Å²) in [5.41, 5.74) is 0.841. The summed E-state index contributed by atoms with van der Waals surface area (Å²) in [5, 5.41) is 10.2. The van der Waals surface area contributed by atoms with Crippen LogP contribution >= 0.6 is 0 Å². The van der Waals surface area contributed by atoms with Gasteiger partial charge < -0.3 is 9.84 Å². The number of anilines is 1. The van der Waals surface area contributed by atoms with Gasteiger partial charge in [0.25, 0.3) is 0 Å². The molecule has 1 aliphatic rings. The monoisotopic (exact) mass is 531 g/mol. The van der Waals surface area contributed by atoms with Crippen molar-refractivity contribution in [3.8, 4) is 0 Å². The zero-order chi connectivity index (χ0) is 27.6. The second-order valence-electron chi connectivity index (χ2n) is 10.9. The Kier molecular flexibility index (Phi) is 8.21. The summed E-state index contributed by atoms with van der Waals surface area (Å²) >= 11 is 0. The molecule has 202 valence electrons. The fourth-order valence-electron chi connectivity index (χ4n) is 4.89. The highest BCUT2D eigenvalue weighted by molar-refractivity contribution is 7.92. The number of esters is 1. The fourth-order valence-corrected chi connectivity index (χ4v) is 5.32.